The summed E-state index contributed by atoms with van der Waals surface area (Å²) in [6, 6.07) is 88.4. The first kappa shape index (κ1) is 35.7. The van der Waals surface area contributed by atoms with E-state index in [1.54, 1.807) is 0 Å². The molecule has 0 aliphatic carbocycles. The number of aromatic nitrogens is 1. The fourth-order valence-corrected chi connectivity index (χ4v) is 9.68. The van der Waals surface area contributed by atoms with Crippen molar-refractivity contribution >= 4 is 71.2 Å². The maximum Gasteiger partial charge on any atom is 0.0548 e. The van der Waals surface area contributed by atoms with E-state index in [1.165, 1.54) is 81.9 Å². The largest absolute Gasteiger partial charge is 0.310 e. The molecule has 0 atom stereocenters. The van der Waals surface area contributed by atoms with Crippen LogP contribution in [0.1, 0.15) is 0 Å². The van der Waals surface area contributed by atoms with Gasteiger partial charge < -0.3 is 9.47 Å². The molecule has 2 nitrogen and oxygen atoms in total. The van der Waals surface area contributed by atoms with Gasteiger partial charge in [0.1, 0.15) is 0 Å². The van der Waals surface area contributed by atoms with E-state index in [2.05, 4.69) is 252 Å². The first-order valence-electron chi connectivity index (χ1n) is 21.3. The maximum absolute atomic E-state index is 2.48. The van der Waals surface area contributed by atoms with Crippen LogP contribution in [-0.2, 0) is 0 Å². The Kier molecular flexibility index (Phi) is 8.53. The molecule has 2 heteroatoms. The molecule has 0 saturated carbocycles. The van der Waals surface area contributed by atoms with Crippen LogP contribution in [0.4, 0.5) is 17.1 Å². The Morgan fingerprint density at radius 2 is 0.742 bits per heavy atom. The molecule has 11 aromatic carbocycles. The molecule has 0 amide bonds. The van der Waals surface area contributed by atoms with Gasteiger partial charge in [-0.2, -0.15) is 0 Å². The van der Waals surface area contributed by atoms with Gasteiger partial charge in [-0.15, -0.1) is 0 Å². The molecule has 290 valence electrons. The van der Waals surface area contributed by atoms with Crippen molar-refractivity contribution < 1.29 is 0 Å². The van der Waals surface area contributed by atoms with Crippen LogP contribution < -0.4 is 4.90 Å². The number of para-hydroxylation sites is 1. The fourth-order valence-electron chi connectivity index (χ4n) is 9.68. The second kappa shape index (κ2) is 14.8. The molecule has 0 radical (unpaired) electrons. The third kappa shape index (κ3) is 5.96. The molecule has 12 aromatic rings. The van der Waals surface area contributed by atoms with E-state index in [4.69, 9.17) is 0 Å². The zero-order valence-corrected chi connectivity index (χ0v) is 34.0. The van der Waals surface area contributed by atoms with Gasteiger partial charge in [0.15, 0.2) is 0 Å². The van der Waals surface area contributed by atoms with Crippen LogP contribution in [0.15, 0.2) is 243 Å². The molecule has 1 heterocycles. The van der Waals surface area contributed by atoms with Crippen molar-refractivity contribution in [2.45, 2.75) is 0 Å². The van der Waals surface area contributed by atoms with Gasteiger partial charge in [-0.1, -0.05) is 188 Å². The first-order valence-corrected chi connectivity index (χ1v) is 21.3. The van der Waals surface area contributed by atoms with Crippen molar-refractivity contribution in [1.29, 1.82) is 0 Å². The summed E-state index contributed by atoms with van der Waals surface area (Å²) in [4.78, 5) is 2.38. The number of anilines is 3. The Balaban J connectivity index is 1.03. The molecular formula is C60H40N2. The van der Waals surface area contributed by atoms with E-state index in [1.807, 2.05) is 0 Å². The minimum absolute atomic E-state index is 1.09. The number of hydrogen-bond donors (Lipinski definition) is 0. The van der Waals surface area contributed by atoms with E-state index >= 15 is 0 Å². The van der Waals surface area contributed by atoms with Gasteiger partial charge in [0, 0.05) is 33.4 Å². The highest BCUT2D eigenvalue weighted by Gasteiger charge is 2.20. The second-order valence-corrected chi connectivity index (χ2v) is 16.1. The van der Waals surface area contributed by atoms with Gasteiger partial charge in [-0.25, -0.2) is 0 Å². The summed E-state index contributed by atoms with van der Waals surface area (Å²) in [6.45, 7) is 0. The van der Waals surface area contributed by atoms with E-state index < -0.39 is 0 Å². The Morgan fingerprint density at radius 3 is 1.40 bits per heavy atom. The molecule has 0 unspecified atom stereocenters. The highest BCUT2D eigenvalue weighted by atomic mass is 15.1. The first-order chi connectivity index (χ1) is 30.8. The summed E-state index contributed by atoms with van der Waals surface area (Å²) in [6.07, 6.45) is 0. The molecule has 0 saturated heterocycles. The summed E-state index contributed by atoms with van der Waals surface area (Å²) in [5, 5.41) is 10.1. The number of fused-ring (bicyclic) bond motifs is 8. The molecule has 0 bridgehead atoms. The Hall–Kier alpha value is -8.20. The lowest BCUT2D eigenvalue weighted by atomic mass is 9.98. The molecular weight excluding hydrogens is 749 g/mol. The van der Waals surface area contributed by atoms with Crippen molar-refractivity contribution in [3.8, 4) is 39.1 Å². The van der Waals surface area contributed by atoms with Gasteiger partial charge in [-0.05, 0) is 115 Å². The van der Waals surface area contributed by atoms with Gasteiger partial charge in [0.05, 0.1) is 16.7 Å². The van der Waals surface area contributed by atoms with Crippen LogP contribution >= 0.6 is 0 Å². The van der Waals surface area contributed by atoms with E-state index in [0.29, 0.717) is 0 Å². The van der Waals surface area contributed by atoms with Crippen LogP contribution in [0.25, 0.3) is 93.2 Å². The fraction of sp³-hybridized carbons (Fsp3) is 0. The zero-order valence-electron chi connectivity index (χ0n) is 34.0. The predicted molar refractivity (Wildman–Crippen MR) is 264 cm³/mol. The normalized spacial score (nSPS) is 11.5. The monoisotopic (exact) mass is 788 g/mol. The van der Waals surface area contributed by atoms with Crippen molar-refractivity contribution in [1.82, 2.24) is 4.57 Å². The molecule has 0 spiro atoms. The van der Waals surface area contributed by atoms with Crippen molar-refractivity contribution in [2.24, 2.45) is 0 Å². The highest BCUT2D eigenvalue weighted by molar-refractivity contribution is 6.28. The lowest BCUT2D eigenvalue weighted by molar-refractivity contribution is 1.18. The lowest BCUT2D eigenvalue weighted by Crippen LogP contribution is -2.10. The molecule has 0 N–H and O–H groups in total. The summed E-state index contributed by atoms with van der Waals surface area (Å²) < 4.78 is 2.48. The van der Waals surface area contributed by atoms with E-state index in [0.717, 1.165) is 28.3 Å². The van der Waals surface area contributed by atoms with Crippen LogP contribution in [-0.4, -0.2) is 4.57 Å². The summed E-state index contributed by atoms with van der Waals surface area (Å²) in [5.74, 6) is 0. The number of nitrogens with zero attached hydrogens (tertiary/aromatic N) is 2. The number of benzene rings is 11. The van der Waals surface area contributed by atoms with Crippen molar-refractivity contribution in [3.63, 3.8) is 0 Å². The quantitative estimate of drug-likeness (QED) is 0.156. The highest BCUT2D eigenvalue weighted by Crippen LogP contribution is 2.44. The second-order valence-electron chi connectivity index (χ2n) is 16.1. The van der Waals surface area contributed by atoms with Gasteiger partial charge in [0.2, 0.25) is 0 Å². The molecule has 62 heavy (non-hydrogen) atoms. The standard InChI is InChI=1S/C60H40N2/c1-2-14-41(15-3-1)42-28-34-48(35-29-42)61(49-36-30-46(31-37-49)52-26-13-19-43-16-4-7-22-51(43)52)50-21-12-20-47(40-50)53-23-10-11-27-56(53)62-57-38-32-44-17-5-8-24-54(44)59(57)60-55-25-9-6-18-45(55)33-39-58(60)62/h1-40H. The Morgan fingerprint density at radius 1 is 0.274 bits per heavy atom. The molecule has 1 aromatic heterocycles. The average molecular weight is 789 g/mol. The molecule has 0 aliphatic heterocycles. The number of rotatable bonds is 7. The lowest BCUT2D eigenvalue weighted by Gasteiger charge is -2.27. The molecule has 0 fully saturated rings. The number of hydrogen-bond acceptors (Lipinski definition) is 1. The van der Waals surface area contributed by atoms with E-state index in [-0.39, 0.29) is 0 Å². The third-order valence-electron chi connectivity index (χ3n) is 12.6. The van der Waals surface area contributed by atoms with Crippen LogP contribution in [0.3, 0.4) is 0 Å². The molecule has 12 rings (SSSR count). The molecule has 0 aliphatic rings. The minimum Gasteiger partial charge on any atom is -0.310 e. The smallest absolute Gasteiger partial charge is 0.0548 e. The summed E-state index contributed by atoms with van der Waals surface area (Å²) in [7, 11) is 0. The summed E-state index contributed by atoms with van der Waals surface area (Å²) >= 11 is 0. The maximum atomic E-state index is 2.48. The van der Waals surface area contributed by atoms with Crippen LogP contribution in [0.5, 0.6) is 0 Å². The van der Waals surface area contributed by atoms with Gasteiger partial charge in [-0.3, -0.25) is 0 Å². The average Bonchev–Trinajstić information content (AvgIpc) is 3.70. The topological polar surface area (TPSA) is 8.17 Å². The zero-order chi connectivity index (χ0) is 41.0. The minimum atomic E-state index is 1.09. The van der Waals surface area contributed by atoms with Crippen LogP contribution in [0, 0.1) is 0 Å². The van der Waals surface area contributed by atoms with Gasteiger partial charge in [0.25, 0.3) is 0 Å². The van der Waals surface area contributed by atoms with Crippen molar-refractivity contribution in [3.05, 3.63) is 243 Å². The Labute approximate surface area is 360 Å². The Bertz CT molecular complexity index is 3520. The van der Waals surface area contributed by atoms with Crippen molar-refractivity contribution in [2.75, 3.05) is 4.90 Å². The van der Waals surface area contributed by atoms with Gasteiger partial charge >= 0.3 is 0 Å². The third-order valence-corrected chi connectivity index (χ3v) is 12.6. The van der Waals surface area contributed by atoms with Crippen LogP contribution in [0.2, 0.25) is 0 Å². The van der Waals surface area contributed by atoms with E-state index in [9.17, 15) is 0 Å². The SMILES string of the molecule is c1ccc(-c2ccc(N(c3ccc(-c4cccc5ccccc45)cc3)c3cccc(-c4ccccc4-n4c5ccc6ccccc6c5c5c6ccccc6ccc54)c3)cc2)cc1. The summed E-state index contributed by atoms with van der Waals surface area (Å²) in [5.41, 5.74) is 13.9. The predicted octanol–water partition coefficient (Wildman–Crippen LogP) is 16.7.